The molecule has 2 N–H and O–H groups in total. The van der Waals surface area contributed by atoms with Crippen molar-refractivity contribution in [3.05, 3.63) is 34.9 Å². The summed E-state index contributed by atoms with van der Waals surface area (Å²) in [7, 11) is 0. The summed E-state index contributed by atoms with van der Waals surface area (Å²) in [5.74, 6) is 0. The van der Waals surface area contributed by atoms with Crippen LogP contribution in [0.15, 0.2) is 24.3 Å². The third-order valence-corrected chi connectivity index (χ3v) is 2.35. The Balaban J connectivity index is 2.75. The van der Waals surface area contributed by atoms with Gasteiger partial charge < -0.3 is 10.4 Å². The number of nitrogens with one attached hydrogen (secondary N) is 1. The van der Waals surface area contributed by atoms with E-state index in [9.17, 15) is 0 Å². The first kappa shape index (κ1) is 11.5. The van der Waals surface area contributed by atoms with Crippen molar-refractivity contribution in [2.24, 2.45) is 0 Å². The highest BCUT2D eigenvalue weighted by molar-refractivity contribution is 6.30. The van der Waals surface area contributed by atoms with Crippen LogP contribution in [-0.4, -0.2) is 18.3 Å². The van der Waals surface area contributed by atoms with Crippen molar-refractivity contribution in [1.29, 1.82) is 0 Å². The zero-order chi connectivity index (χ0) is 10.4. The fourth-order valence-electron chi connectivity index (χ4n) is 1.49. The Bertz CT molecular complexity index is 272. The van der Waals surface area contributed by atoms with Gasteiger partial charge >= 0.3 is 0 Å². The largest absolute Gasteiger partial charge is 0.396 e. The van der Waals surface area contributed by atoms with Crippen LogP contribution in [0.25, 0.3) is 0 Å². The summed E-state index contributed by atoms with van der Waals surface area (Å²) < 4.78 is 0. The number of halogens is 1. The van der Waals surface area contributed by atoms with Crippen LogP contribution in [0.3, 0.4) is 0 Å². The predicted molar refractivity (Wildman–Crippen MR) is 59.6 cm³/mol. The number of benzene rings is 1. The molecule has 0 bridgehead atoms. The summed E-state index contributed by atoms with van der Waals surface area (Å²) in [6.45, 7) is 3.12. The zero-order valence-corrected chi connectivity index (χ0v) is 9.09. The second-order valence-electron chi connectivity index (χ2n) is 3.18. The molecule has 1 atom stereocenters. The van der Waals surface area contributed by atoms with Gasteiger partial charge in [0.05, 0.1) is 0 Å². The molecule has 0 saturated carbocycles. The minimum Gasteiger partial charge on any atom is -0.396 e. The Morgan fingerprint density at radius 3 is 2.86 bits per heavy atom. The molecule has 1 rings (SSSR count). The SMILES string of the molecule is CCNC(CCO)c1cccc(Cl)c1. The summed E-state index contributed by atoms with van der Waals surface area (Å²) >= 11 is 5.90. The highest BCUT2D eigenvalue weighted by atomic mass is 35.5. The van der Waals surface area contributed by atoms with Crippen LogP contribution in [0, 0.1) is 0 Å². The number of rotatable bonds is 5. The van der Waals surface area contributed by atoms with Gasteiger partial charge in [-0.25, -0.2) is 0 Å². The number of aliphatic hydroxyl groups excluding tert-OH is 1. The van der Waals surface area contributed by atoms with Gasteiger partial charge in [-0.05, 0) is 30.7 Å². The fraction of sp³-hybridized carbons (Fsp3) is 0.455. The molecule has 0 radical (unpaired) electrons. The molecule has 0 aliphatic rings. The van der Waals surface area contributed by atoms with E-state index in [1.165, 1.54) is 0 Å². The molecular formula is C11H16ClNO. The summed E-state index contributed by atoms with van der Waals surface area (Å²) in [4.78, 5) is 0. The van der Waals surface area contributed by atoms with E-state index in [0.717, 1.165) is 17.1 Å². The molecule has 1 unspecified atom stereocenters. The van der Waals surface area contributed by atoms with Gasteiger partial charge in [0.15, 0.2) is 0 Å². The van der Waals surface area contributed by atoms with Crippen molar-refractivity contribution in [3.63, 3.8) is 0 Å². The lowest BCUT2D eigenvalue weighted by Gasteiger charge is -2.17. The third-order valence-electron chi connectivity index (χ3n) is 2.12. The number of hydrogen-bond donors (Lipinski definition) is 2. The maximum Gasteiger partial charge on any atom is 0.0449 e. The first-order valence-electron chi connectivity index (χ1n) is 4.87. The van der Waals surface area contributed by atoms with E-state index < -0.39 is 0 Å². The van der Waals surface area contributed by atoms with E-state index in [1.54, 1.807) is 0 Å². The van der Waals surface area contributed by atoms with Crippen molar-refractivity contribution >= 4 is 11.6 Å². The molecule has 3 heteroatoms. The van der Waals surface area contributed by atoms with Crippen LogP contribution >= 0.6 is 11.6 Å². The third kappa shape index (κ3) is 3.29. The first-order valence-corrected chi connectivity index (χ1v) is 5.25. The molecule has 78 valence electrons. The van der Waals surface area contributed by atoms with E-state index in [0.29, 0.717) is 6.42 Å². The van der Waals surface area contributed by atoms with Crippen molar-refractivity contribution in [2.75, 3.05) is 13.2 Å². The lowest BCUT2D eigenvalue weighted by atomic mass is 10.0. The van der Waals surface area contributed by atoms with E-state index in [1.807, 2.05) is 24.3 Å². The van der Waals surface area contributed by atoms with E-state index >= 15 is 0 Å². The van der Waals surface area contributed by atoms with Crippen molar-refractivity contribution in [1.82, 2.24) is 5.32 Å². The van der Waals surface area contributed by atoms with Gasteiger partial charge in [-0.2, -0.15) is 0 Å². The molecule has 1 aromatic carbocycles. The standard InChI is InChI=1S/C11H16ClNO/c1-2-13-11(6-7-14)9-4-3-5-10(12)8-9/h3-5,8,11,13-14H,2,6-7H2,1H3. The molecule has 0 aliphatic heterocycles. The Kier molecular flexibility index (Phi) is 4.94. The van der Waals surface area contributed by atoms with Gasteiger partial charge in [-0.1, -0.05) is 30.7 Å². The van der Waals surface area contributed by atoms with Gasteiger partial charge in [-0.3, -0.25) is 0 Å². The van der Waals surface area contributed by atoms with E-state index in [4.69, 9.17) is 16.7 Å². The maximum absolute atomic E-state index is 8.92. The number of aliphatic hydroxyl groups is 1. The monoisotopic (exact) mass is 213 g/mol. The Hall–Kier alpha value is -0.570. The molecule has 0 spiro atoms. The molecule has 0 amide bonds. The van der Waals surface area contributed by atoms with E-state index in [2.05, 4.69) is 12.2 Å². The maximum atomic E-state index is 8.92. The molecule has 0 heterocycles. The topological polar surface area (TPSA) is 32.3 Å². The average Bonchev–Trinajstić information content (AvgIpc) is 2.17. The van der Waals surface area contributed by atoms with Gasteiger partial charge in [-0.15, -0.1) is 0 Å². The molecular weight excluding hydrogens is 198 g/mol. The quantitative estimate of drug-likeness (QED) is 0.787. The van der Waals surface area contributed by atoms with Crippen LogP contribution in [0.2, 0.25) is 5.02 Å². The number of hydrogen-bond acceptors (Lipinski definition) is 2. The second kappa shape index (κ2) is 6.02. The summed E-state index contributed by atoms with van der Waals surface area (Å²) in [5.41, 5.74) is 1.13. The molecule has 0 fully saturated rings. The predicted octanol–water partition coefficient (Wildman–Crippen LogP) is 2.37. The fourth-order valence-corrected chi connectivity index (χ4v) is 1.68. The summed E-state index contributed by atoms with van der Waals surface area (Å²) in [6, 6.07) is 7.94. The highest BCUT2D eigenvalue weighted by Crippen LogP contribution is 2.19. The molecule has 0 aliphatic carbocycles. The van der Waals surface area contributed by atoms with Crippen LogP contribution in [-0.2, 0) is 0 Å². The highest BCUT2D eigenvalue weighted by Gasteiger charge is 2.08. The van der Waals surface area contributed by atoms with Crippen LogP contribution in [0.1, 0.15) is 24.9 Å². The van der Waals surface area contributed by atoms with Crippen LogP contribution in [0.5, 0.6) is 0 Å². The smallest absolute Gasteiger partial charge is 0.0449 e. The van der Waals surface area contributed by atoms with Gasteiger partial charge in [0.2, 0.25) is 0 Å². The molecule has 2 nitrogen and oxygen atoms in total. The normalized spacial score (nSPS) is 12.8. The summed E-state index contributed by atoms with van der Waals surface area (Å²) in [6.07, 6.45) is 0.716. The first-order chi connectivity index (χ1) is 6.77. The van der Waals surface area contributed by atoms with Crippen LogP contribution in [0.4, 0.5) is 0 Å². The van der Waals surface area contributed by atoms with Crippen molar-refractivity contribution < 1.29 is 5.11 Å². The van der Waals surface area contributed by atoms with Gasteiger partial charge in [0.25, 0.3) is 0 Å². The lowest BCUT2D eigenvalue weighted by Crippen LogP contribution is -2.21. The zero-order valence-electron chi connectivity index (χ0n) is 8.33. The molecule has 0 saturated heterocycles. The Morgan fingerprint density at radius 2 is 2.29 bits per heavy atom. The van der Waals surface area contributed by atoms with Crippen LogP contribution < -0.4 is 5.32 Å². The summed E-state index contributed by atoms with van der Waals surface area (Å²) in [5, 5.41) is 13.0. The minimum atomic E-state index is 0.185. The van der Waals surface area contributed by atoms with Crippen molar-refractivity contribution in [3.8, 4) is 0 Å². The molecule has 14 heavy (non-hydrogen) atoms. The van der Waals surface area contributed by atoms with Gasteiger partial charge in [0.1, 0.15) is 0 Å². The van der Waals surface area contributed by atoms with Crippen molar-refractivity contribution in [2.45, 2.75) is 19.4 Å². The average molecular weight is 214 g/mol. The van der Waals surface area contributed by atoms with E-state index in [-0.39, 0.29) is 12.6 Å². The Labute approximate surface area is 89.9 Å². The van der Waals surface area contributed by atoms with Gasteiger partial charge in [0, 0.05) is 17.7 Å². The lowest BCUT2D eigenvalue weighted by molar-refractivity contribution is 0.266. The second-order valence-corrected chi connectivity index (χ2v) is 3.61. The minimum absolute atomic E-state index is 0.185. The Morgan fingerprint density at radius 1 is 1.50 bits per heavy atom. The molecule has 1 aromatic rings. The molecule has 0 aromatic heterocycles.